The summed E-state index contributed by atoms with van der Waals surface area (Å²) < 4.78 is 0. The van der Waals surface area contributed by atoms with Gasteiger partial charge in [-0.1, -0.05) is 6.07 Å². The van der Waals surface area contributed by atoms with Gasteiger partial charge in [-0.3, -0.25) is 10.1 Å². The van der Waals surface area contributed by atoms with Crippen LogP contribution in [-0.2, 0) is 4.79 Å². The number of nitrogens with zero attached hydrogens (tertiary/aromatic N) is 1. The summed E-state index contributed by atoms with van der Waals surface area (Å²) >= 11 is 3.50. The summed E-state index contributed by atoms with van der Waals surface area (Å²) in [6.07, 6.45) is 0. The molecule has 1 saturated heterocycles. The fraction of sp³-hybridized carbons (Fsp3) is 0.583. The summed E-state index contributed by atoms with van der Waals surface area (Å²) in [6.45, 7) is 0.662. The van der Waals surface area contributed by atoms with Gasteiger partial charge in [-0.25, -0.2) is 0 Å². The summed E-state index contributed by atoms with van der Waals surface area (Å²) in [5.74, 6) is 1.86. The van der Waals surface area contributed by atoms with E-state index in [0.29, 0.717) is 6.54 Å². The lowest BCUT2D eigenvalue weighted by Gasteiger charge is -2.24. The molecule has 1 amide bonds. The van der Waals surface area contributed by atoms with Crippen LogP contribution in [0.1, 0.15) is 10.9 Å². The quantitative estimate of drug-likeness (QED) is 0.845. The molecule has 4 nitrogen and oxygen atoms in total. The van der Waals surface area contributed by atoms with Gasteiger partial charge in [0.25, 0.3) is 0 Å². The van der Waals surface area contributed by atoms with E-state index >= 15 is 0 Å². The first-order valence-electron chi connectivity index (χ1n) is 5.97. The standard InChI is InChI=1S/C12H19N3OS2.2ClH/c1-15(2)10(11-4-3-5-18-11)6-13-12(16)9-7-17-8-14-9;;/h3-5,9-10,14H,6-8H2,1-2H3,(H,13,16);2*1H. The van der Waals surface area contributed by atoms with Crippen LogP contribution < -0.4 is 10.6 Å². The smallest absolute Gasteiger partial charge is 0.238 e. The SMILES string of the molecule is CN(C)C(CNC(=O)C1CSCN1)c1cccs1.Cl.Cl. The van der Waals surface area contributed by atoms with Crippen LogP contribution in [0.15, 0.2) is 17.5 Å². The van der Waals surface area contributed by atoms with E-state index in [4.69, 9.17) is 0 Å². The number of likely N-dealkylation sites (N-methyl/N-ethyl adjacent to an activating group) is 1. The van der Waals surface area contributed by atoms with Gasteiger partial charge >= 0.3 is 0 Å². The van der Waals surface area contributed by atoms with Crippen LogP contribution in [0.3, 0.4) is 0 Å². The monoisotopic (exact) mass is 357 g/mol. The summed E-state index contributed by atoms with van der Waals surface area (Å²) in [6, 6.07) is 4.39. The first kappa shape index (κ1) is 20.0. The average Bonchev–Trinajstić information content (AvgIpc) is 3.01. The Labute approximate surface area is 140 Å². The number of amides is 1. The molecule has 116 valence electrons. The van der Waals surface area contributed by atoms with E-state index in [1.165, 1.54) is 4.88 Å². The normalized spacial score (nSPS) is 19.1. The number of carbonyl (C=O) groups is 1. The fourth-order valence-electron chi connectivity index (χ4n) is 1.90. The first-order chi connectivity index (χ1) is 8.68. The predicted molar refractivity (Wildman–Crippen MR) is 92.5 cm³/mol. The highest BCUT2D eigenvalue weighted by Gasteiger charge is 2.24. The zero-order valence-electron chi connectivity index (χ0n) is 11.5. The van der Waals surface area contributed by atoms with Crippen molar-refractivity contribution in [3.8, 4) is 0 Å². The van der Waals surface area contributed by atoms with Crippen molar-refractivity contribution in [3.63, 3.8) is 0 Å². The Bertz CT molecular complexity index is 384. The van der Waals surface area contributed by atoms with E-state index in [1.807, 2.05) is 20.2 Å². The summed E-state index contributed by atoms with van der Waals surface area (Å²) in [5.41, 5.74) is 0. The number of carbonyl (C=O) groups excluding carboxylic acids is 1. The highest BCUT2D eigenvalue weighted by Crippen LogP contribution is 2.22. The van der Waals surface area contributed by atoms with Gasteiger partial charge in [0, 0.05) is 23.1 Å². The van der Waals surface area contributed by atoms with Crippen molar-refractivity contribution in [2.75, 3.05) is 32.3 Å². The Hall–Kier alpha value is 0.0200. The van der Waals surface area contributed by atoms with Gasteiger partial charge in [0.2, 0.25) is 5.91 Å². The molecule has 0 saturated carbocycles. The largest absolute Gasteiger partial charge is 0.353 e. The minimum Gasteiger partial charge on any atom is -0.353 e. The van der Waals surface area contributed by atoms with Crippen molar-refractivity contribution in [2.45, 2.75) is 12.1 Å². The Morgan fingerprint density at radius 3 is 2.80 bits per heavy atom. The van der Waals surface area contributed by atoms with Gasteiger partial charge in [-0.2, -0.15) is 0 Å². The molecular weight excluding hydrogens is 337 g/mol. The molecule has 0 spiro atoms. The molecule has 20 heavy (non-hydrogen) atoms. The van der Waals surface area contributed by atoms with Crippen molar-refractivity contribution in [3.05, 3.63) is 22.4 Å². The molecule has 2 atom stereocenters. The maximum Gasteiger partial charge on any atom is 0.238 e. The predicted octanol–water partition coefficient (Wildman–Crippen LogP) is 1.97. The molecule has 2 N–H and O–H groups in total. The molecule has 2 heterocycles. The second-order valence-corrected chi connectivity index (χ2v) is 6.52. The van der Waals surface area contributed by atoms with Crippen molar-refractivity contribution < 1.29 is 4.79 Å². The Morgan fingerprint density at radius 2 is 2.30 bits per heavy atom. The first-order valence-corrected chi connectivity index (χ1v) is 8.00. The van der Waals surface area contributed by atoms with Crippen LogP contribution in [0.4, 0.5) is 0 Å². The van der Waals surface area contributed by atoms with E-state index in [-0.39, 0.29) is 42.8 Å². The zero-order chi connectivity index (χ0) is 13.0. The lowest BCUT2D eigenvalue weighted by molar-refractivity contribution is -0.122. The lowest BCUT2D eigenvalue weighted by atomic mass is 10.2. The van der Waals surface area contributed by atoms with E-state index in [9.17, 15) is 4.79 Å². The number of thiophene rings is 1. The van der Waals surface area contributed by atoms with Gasteiger partial charge in [-0.15, -0.1) is 47.9 Å². The number of thioether (sulfide) groups is 1. The Balaban J connectivity index is 0.00000180. The Morgan fingerprint density at radius 1 is 1.55 bits per heavy atom. The molecular formula is C12H21Cl2N3OS2. The number of rotatable bonds is 5. The molecule has 0 aliphatic carbocycles. The third-order valence-electron chi connectivity index (χ3n) is 3.00. The van der Waals surface area contributed by atoms with Gasteiger partial charge in [0.05, 0.1) is 12.1 Å². The second kappa shape index (κ2) is 9.87. The van der Waals surface area contributed by atoms with Crippen LogP contribution in [0, 0.1) is 0 Å². The minimum absolute atomic E-state index is 0. The van der Waals surface area contributed by atoms with E-state index in [2.05, 4.69) is 27.0 Å². The third kappa shape index (κ3) is 5.42. The maximum absolute atomic E-state index is 11.9. The number of nitrogens with one attached hydrogen (secondary N) is 2. The van der Waals surface area contributed by atoms with Crippen LogP contribution in [-0.4, -0.2) is 49.1 Å². The van der Waals surface area contributed by atoms with Gasteiger partial charge in [0.1, 0.15) is 0 Å². The number of halogens is 2. The molecule has 2 unspecified atom stereocenters. The van der Waals surface area contributed by atoms with Crippen LogP contribution in [0.5, 0.6) is 0 Å². The molecule has 1 aliphatic heterocycles. The van der Waals surface area contributed by atoms with Crippen molar-refractivity contribution >= 4 is 53.8 Å². The number of hydrogen-bond acceptors (Lipinski definition) is 5. The van der Waals surface area contributed by atoms with Gasteiger partial charge in [0.15, 0.2) is 0 Å². The summed E-state index contributed by atoms with van der Waals surface area (Å²) in [5, 5.41) is 8.30. The van der Waals surface area contributed by atoms with Crippen LogP contribution in [0.25, 0.3) is 0 Å². The lowest BCUT2D eigenvalue weighted by Crippen LogP contribution is -2.44. The molecule has 1 aromatic heterocycles. The average molecular weight is 358 g/mol. The molecule has 0 radical (unpaired) electrons. The second-order valence-electron chi connectivity index (χ2n) is 4.51. The van der Waals surface area contributed by atoms with Crippen LogP contribution in [0.2, 0.25) is 0 Å². The zero-order valence-corrected chi connectivity index (χ0v) is 14.8. The summed E-state index contributed by atoms with van der Waals surface area (Å²) in [4.78, 5) is 15.4. The highest BCUT2D eigenvalue weighted by molar-refractivity contribution is 7.99. The Kier molecular flexibility index (Phi) is 9.88. The summed E-state index contributed by atoms with van der Waals surface area (Å²) in [7, 11) is 4.08. The minimum atomic E-state index is -0.0267. The van der Waals surface area contributed by atoms with Gasteiger partial charge < -0.3 is 10.2 Å². The molecule has 1 aliphatic rings. The topological polar surface area (TPSA) is 44.4 Å². The molecule has 1 fully saturated rings. The molecule has 0 bridgehead atoms. The molecule has 8 heteroatoms. The molecule has 2 rings (SSSR count). The van der Waals surface area contributed by atoms with Gasteiger partial charge in [-0.05, 0) is 25.5 Å². The third-order valence-corrected chi connectivity index (χ3v) is 4.91. The number of hydrogen-bond donors (Lipinski definition) is 2. The van der Waals surface area contributed by atoms with E-state index < -0.39 is 0 Å². The highest BCUT2D eigenvalue weighted by atomic mass is 35.5. The van der Waals surface area contributed by atoms with Crippen molar-refractivity contribution in [1.82, 2.24) is 15.5 Å². The fourth-order valence-corrected chi connectivity index (χ4v) is 3.77. The van der Waals surface area contributed by atoms with Crippen molar-refractivity contribution in [2.24, 2.45) is 0 Å². The van der Waals surface area contributed by atoms with E-state index in [0.717, 1.165) is 11.6 Å². The van der Waals surface area contributed by atoms with Crippen molar-refractivity contribution in [1.29, 1.82) is 0 Å². The molecule has 0 aromatic carbocycles. The maximum atomic E-state index is 11.9. The van der Waals surface area contributed by atoms with Crippen LogP contribution >= 0.6 is 47.9 Å². The van der Waals surface area contributed by atoms with E-state index in [1.54, 1.807) is 23.1 Å². The molecule has 1 aromatic rings.